The first kappa shape index (κ1) is 13.3. The van der Waals surface area contributed by atoms with Gasteiger partial charge >= 0.3 is 0 Å². The average Bonchev–Trinajstić information content (AvgIpc) is 2.33. The second kappa shape index (κ2) is 5.67. The minimum atomic E-state index is -0.430. The Balaban J connectivity index is 2.37. The average molecular weight is 334 g/mol. The van der Waals surface area contributed by atoms with Crippen molar-refractivity contribution >= 4 is 27.5 Å². The predicted molar refractivity (Wildman–Crippen MR) is 70.1 cm³/mol. The fourth-order valence-electron chi connectivity index (χ4n) is 1.44. The Hall–Kier alpha value is -1.13. The molecule has 0 bridgehead atoms. The molecule has 0 aliphatic rings. The van der Waals surface area contributed by atoms with Gasteiger partial charge in [-0.1, -0.05) is 6.07 Å². The number of hydrogen-bond donors (Lipinski definition) is 0. The lowest BCUT2D eigenvalue weighted by Crippen LogP contribution is -1.94. The predicted octanol–water partition coefficient (Wildman–Crippen LogP) is 5.26. The van der Waals surface area contributed by atoms with Crippen LogP contribution in [0, 0.1) is 11.6 Å². The molecule has 0 aliphatic heterocycles. The zero-order chi connectivity index (χ0) is 13.1. The molecule has 0 atom stereocenters. The Labute approximate surface area is 116 Å². The van der Waals surface area contributed by atoms with Crippen LogP contribution in [0.4, 0.5) is 8.78 Å². The summed E-state index contributed by atoms with van der Waals surface area (Å²) in [5, 5.41) is 0. The standard InChI is InChI=1S/C13H8BrClF2O/c14-10-6-8(16)4-5-13(10)18-12-3-1-2-11(17)9(12)7-15/h1-6H,7H2. The fraction of sp³-hybridized carbons (Fsp3) is 0.0769. The smallest absolute Gasteiger partial charge is 0.141 e. The van der Waals surface area contributed by atoms with E-state index < -0.39 is 5.82 Å². The van der Waals surface area contributed by atoms with E-state index in [0.717, 1.165) is 0 Å². The Morgan fingerprint density at radius 3 is 2.56 bits per heavy atom. The Morgan fingerprint density at radius 2 is 1.89 bits per heavy atom. The van der Waals surface area contributed by atoms with Gasteiger partial charge in [-0.25, -0.2) is 8.78 Å². The van der Waals surface area contributed by atoms with Crippen LogP contribution in [0.5, 0.6) is 11.5 Å². The van der Waals surface area contributed by atoms with Crippen molar-refractivity contribution in [3.63, 3.8) is 0 Å². The van der Waals surface area contributed by atoms with Crippen LogP contribution in [0.25, 0.3) is 0 Å². The summed E-state index contributed by atoms with van der Waals surface area (Å²) in [7, 11) is 0. The van der Waals surface area contributed by atoms with Gasteiger partial charge in [0.1, 0.15) is 23.1 Å². The summed E-state index contributed by atoms with van der Waals surface area (Å²) >= 11 is 8.85. The third kappa shape index (κ3) is 2.82. The van der Waals surface area contributed by atoms with Crippen molar-refractivity contribution in [2.75, 3.05) is 0 Å². The Bertz CT molecular complexity index is 575. The molecule has 2 rings (SSSR count). The van der Waals surface area contributed by atoms with E-state index in [4.69, 9.17) is 16.3 Å². The van der Waals surface area contributed by atoms with Crippen molar-refractivity contribution in [3.05, 3.63) is 58.1 Å². The van der Waals surface area contributed by atoms with Gasteiger partial charge in [0.2, 0.25) is 0 Å². The van der Waals surface area contributed by atoms with Gasteiger partial charge < -0.3 is 4.74 Å². The molecular weight excluding hydrogens is 325 g/mol. The van der Waals surface area contributed by atoms with Crippen LogP contribution in [-0.4, -0.2) is 0 Å². The van der Waals surface area contributed by atoms with E-state index >= 15 is 0 Å². The highest BCUT2D eigenvalue weighted by Gasteiger charge is 2.11. The SMILES string of the molecule is Fc1ccc(Oc2cccc(F)c2CCl)c(Br)c1. The van der Waals surface area contributed by atoms with Gasteiger partial charge in [-0.05, 0) is 46.3 Å². The third-order valence-electron chi connectivity index (χ3n) is 2.32. The van der Waals surface area contributed by atoms with E-state index in [1.54, 1.807) is 6.07 Å². The quantitative estimate of drug-likeness (QED) is 0.696. The zero-order valence-electron chi connectivity index (χ0n) is 9.09. The molecule has 0 saturated carbocycles. The summed E-state index contributed by atoms with van der Waals surface area (Å²) in [6.07, 6.45) is 0. The van der Waals surface area contributed by atoms with Crippen LogP contribution >= 0.6 is 27.5 Å². The maximum atomic E-state index is 13.5. The molecule has 0 heterocycles. The molecule has 0 N–H and O–H groups in total. The first-order valence-electron chi connectivity index (χ1n) is 5.08. The van der Waals surface area contributed by atoms with Gasteiger partial charge in [0.05, 0.1) is 10.4 Å². The van der Waals surface area contributed by atoms with Crippen molar-refractivity contribution in [1.82, 2.24) is 0 Å². The van der Waals surface area contributed by atoms with Crippen LogP contribution in [-0.2, 0) is 5.88 Å². The lowest BCUT2D eigenvalue weighted by Gasteiger charge is -2.11. The highest BCUT2D eigenvalue weighted by molar-refractivity contribution is 9.10. The molecule has 0 amide bonds. The topological polar surface area (TPSA) is 9.23 Å². The Kier molecular flexibility index (Phi) is 4.19. The summed E-state index contributed by atoms with van der Waals surface area (Å²) in [5.41, 5.74) is 0.274. The molecular formula is C13H8BrClF2O. The van der Waals surface area contributed by atoms with Gasteiger partial charge in [0, 0.05) is 5.56 Å². The van der Waals surface area contributed by atoms with Crippen LogP contribution in [0.3, 0.4) is 0 Å². The normalized spacial score (nSPS) is 10.4. The summed E-state index contributed by atoms with van der Waals surface area (Å²) < 4.78 is 32.4. The fourth-order valence-corrected chi connectivity index (χ4v) is 2.13. The molecule has 0 radical (unpaired) electrons. The first-order valence-corrected chi connectivity index (χ1v) is 6.41. The van der Waals surface area contributed by atoms with Crippen LogP contribution in [0.2, 0.25) is 0 Å². The maximum Gasteiger partial charge on any atom is 0.141 e. The molecule has 0 spiro atoms. The maximum absolute atomic E-state index is 13.5. The third-order valence-corrected chi connectivity index (χ3v) is 3.21. The molecule has 5 heteroatoms. The second-order valence-corrected chi connectivity index (χ2v) is 4.65. The minimum Gasteiger partial charge on any atom is -0.456 e. The van der Waals surface area contributed by atoms with Gasteiger partial charge in [-0.3, -0.25) is 0 Å². The summed E-state index contributed by atoms with van der Waals surface area (Å²) in [5.74, 6) is -0.0988. The molecule has 94 valence electrons. The van der Waals surface area contributed by atoms with Crippen molar-refractivity contribution in [2.24, 2.45) is 0 Å². The highest BCUT2D eigenvalue weighted by Crippen LogP contribution is 2.33. The monoisotopic (exact) mass is 332 g/mol. The lowest BCUT2D eigenvalue weighted by atomic mass is 10.2. The second-order valence-electron chi connectivity index (χ2n) is 3.53. The van der Waals surface area contributed by atoms with E-state index in [1.807, 2.05) is 0 Å². The van der Waals surface area contributed by atoms with Crippen molar-refractivity contribution in [3.8, 4) is 11.5 Å². The number of rotatable bonds is 3. The number of hydrogen-bond acceptors (Lipinski definition) is 1. The van der Waals surface area contributed by atoms with Crippen LogP contribution in [0.15, 0.2) is 40.9 Å². The highest BCUT2D eigenvalue weighted by atomic mass is 79.9. The largest absolute Gasteiger partial charge is 0.456 e. The van der Waals surface area contributed by atoms with E-state index in [-0.39, 0.29) is 17.3 Å². The minimum absolute atomic E-state index is 0.000814. The molecule has 2 aromatic carbocycles. The van der Waals surface area contributed by atoms with E-state index in [2.05, 4.69) is 15.9 Å². The summed E-state index contributed by atoms with van der Waals surface area (Å²) in [6, 6.07) is 8.44. The lowest BCUT2D eigenvalue weighted by molar-refractivity contribution is 0.465. The van der Waals surface area contributed by atoms with Gasteiger partial charge in [-0.2, -0.15) is 0 Å². The summed E-state index contributed by atoms with van der Waals surface area (Å²) in [4.78, 5) is 0. The molecule has 0 aromatic heterocycles. The van der Waals surface area contributed by atoms with Crippen LogP contribution in [0.1, 0.15) is 5.56 Å². The molecule has 1 nitrogen and oxygen atoms in total. The van der Waals surface area contributed by atoms with E-state index in [0.29, 0.717) is 16.0 Å². The Morgan fingerprint density at radius 1 is 1.11 bits per heavy atom. The van der Waals surface area contributed by atoms with Crippen molar-refractivity contribution in [1.29, 1.82) is 0 Å². The molecule has 0 saturated heterocycles. The van der Waals surface area contributed by atoms with Crippen LogP contribution < -0.4 is 4.74 Å². The first-order chi connectivity index (χ1) is 8.61. The van der Waals surface area contributed by atoms with Gasteiger partial charge in [0.15, 0.2) is 0 Å². The number of alkyl halides is 1. The molecule has 0 fully saturated rings. The van der Waals surface area contributed by atoms with E-state index in [1.165, 1.54) is 30.3 Å². The summed E-state index contributed by atoms with van der Waals surface area (Å²) in [6.45, 7) is 0. The molecule has 0 aliphatic carbocycles. The van der Waals surface area contributed by atoms with Crippen molar-refractivity contribution in [2.45, 2.75) is 5.88 Å². The van der Waals surface area contributed by atoms with Gasteiger partial charge in [0.25, 0.3) is 0 Å². The number of ether oxygens (including phenoxy) is 1. The van der Waals surface area contributed by atoms with E-state index in [9.17, 15) is 8.78 Å². The molecule has 2 aromatic rings. The number of benzene rings is 2. The number of halogens is 4. The van der Waals surface area contributed by atoms with Gasteiger partial charge in [-0.15, -0.1) is 11.6 Å². The molecule has 18 heavy (non-hydrogen) atoms. The molecule has 0 unspecified atom stereocenters. The zero-order valence-corrected chi connectivity index (χ0v) is 11.4. The van der Waals surface area contributed by atoms with Crippen molar-refractivity contribution < 1.29 is 13.5 Å².